The number of nitrogens with one attached hydrogen (secondary N) is 1. The molecule has 1 heterocycles. The van der Waals surface area contributed by atoms with Gasteiger partial charge in [-0.15, -0.1) is 0 Å². The van der Waals surface area contributed by atoms with Crippen molar-refractivity contribution in [2.75, 3.05) is 6.61 Å². The number of fused-ring (bicyclic) bond motifs is 1. The monoisotopic (exact) mass is 361 g/mol. The Morgan fingerprint density at radius 1 is 1.28 bits per heavy atom. The van der Waals surface area contributed by atoms with Gasteiger partial charge >= 0.3 is 6.09 Å². The number of benzene rings is 2. The Bertz CT molecular complexity index is 890. The van der Waals surface area contributed by atoms with Crippen molar-refractivity contribution in [2.45, 2.75) is 20.0 Å². The second-order valence-electron chi connectivity index (χ2n) is 5.38. The molecule has 0 aliphatic rings. The zero-order chi connectivity index (χ0) is 17.8. The number of carbonyl (C=O) groups excluding carboxylic acids is 1. The van der Waals surface area contributed by atoms with Crippen molar-refractivity contribution in [2.24, 2.45) is 0 Å². The van der Waals surface area contributed by atoms with Crippen molar-refractivity contribution < 1.29 is 13.9 Å². The lowest BCUT2D eigenvalue weighted by atomic mass is 10.2. The largest absolute Gasteiger partial charge is 0.450 e. The summed E-state index contributed by atoms with van der Waals surface area (Å²) in [5.74, 6) is 0.211. The highest BCUT2D eigenvalue weighted by molar-refractivity contribution is 6.31. The van der Waals surface area contributed by atoms with E-state index in [2.05, 4.69) is 10.3 Å². The number of amides is 1. The van der Waals surface area contributed by atoms with Gasteiger partial charge in [0.2, 0.25) is 0 Å². The summed E-state index contributed by atoms with van der Waals surface area (Å²) >= 11 is 6.16. The fourth-order valence-corrected chi connectivity index (χ4v) is 2.83. The maximum absolute atomic E-state index is 14.2. The van der Waals surface area contributed by atoms with Gasteiger partial charge in [-0.2, -0.15) is 0 Å². The van der Waals surface area contributed by atoms with Crippen LogP contribution in [0.25, 0.3) is 11.0 Å². The Morgan fingerprint density at radius 3 is 2.84 bits per heavy atom. The Balaban J connectivity index is 1.97. The van der Waals surface area contributed by atoms with Gasteiger partial charge in [-0.3, -0.25) is 0 Å². The van der Waals surface area contributed by atoms with Crippen molar-refractivity contribution in [1.82, 2.24) is 14.9 Å². The highest BCUT2D eigenvalue weighted by Crippen LogP contribution is 2.24. The smallest absolute Gasteiger partial charge is 0.407 e. The molecule has 2 aromatic carbocycles. The van der Waals surface area contributed by atoms with E-state index in [1.54, 1.807) is 19.1 Å². The first-order valence-corrected chi connectivity index (χ1v) is 8.25. The number of imidazole rings is 1. The maximum atomic E-state index is 14.2. The SMILES string of the molecule is CCOC(=O)NCc1nc2ccccc2n1Cc1c(F)cccc1Cl. The van der Waals surface area contributed by atoms with Crippen molar-refractivity contribution >= 4 is 28.7 Å². The third-order valence-corrected chi connectivity index (χ3v) is 4.13. The minimum Gasteiger partial charge on any atom is -0.450 e. The van der Waals surface area contributed by atoms with Crippen molar-refractivity contribution in [1.29, 1.82) is 0 Å². The third-order valence-electron chi connectivity index (χ3n) is 3.78. The summed E-state index contributed by atoms with van der Waals surface area (Å²) in [5, 5.41) is 2.99. The number of hydrogen-bond donors (Lipinski definition) is 1. The number of carbonyl (C=O) groups is 1. The summed E-state index contributed by atoms with van der Waals surface area (Å²) in [5.41, 5.74) is 1.97. The van der Waals surface area contributed by atoms with Gasteiger partial charge in [-0.05, 0) is 31.2 Å². The van der Waals surface area contributed by atoms with Gasteiger partial charge in [-0.1, -0.05) is 29.8 Å². The van der Waals surface area contributed by atoms with E-state index in [1.807, 2.05) is 28.8 Å². The summed E-state index contributed by atoms with van der Waals surface area (Å²) in [7, 11) is 0. The van der Waals surface area contributed by atoms with Crippen LogP contribution in [0.15, 0.2) is 42.5 Å². The molecule has 0 radical (unpaired) electrons. The van der Waals surface area contributed by atoms with Gasteiger partial charge in [0.15, 0.2) is 0 Å². The molecule has 0 bridgehead atoms. The zero-order valence-electron chi connectivity index (χ0n) is 13.6. The number of rotatable bonds is 5. The molecule has 130 valence electrons. The molecule has 0 atom stereocenters. The van der Waals surface area contributed by atoms with E-state index in [0.29, 0.717) is 16.4 Å². The number of alkyl carbamates (subject to hydrolysis) is 1. The second kappa shape index (κ2) is 7.53. The Hall–Kier alpha value is -2.60. The lowest BCUT2D eigenvalue weighted by molar-refractivity contribution is 0.151. The highest BCUT2D eigenvalue weighted by Gasteiger charge is 2.15. The average molecular weight is 362 g/mol. The van der Waals surface area contributed by atoms with Crippen molar-refractivity contribution in [3.05, 3.63) is 64.7 Å². The number of para-hydroxylation sites is 2. The third kappa shape index (κ3) is 3.74. The van der Waals surface area contributed by atoms with Gasteiger partial charge in [0, 0.05) is 10.6 Å². The van der Waals surface area contributed by atoms with Crippen LogP contribution >= 0.6 is 11.6 Å². The zero-order valence-corrected chi connectivity index (χ0v) is 14.4. The molecule has 1 N–H and O–H groups in total. The van der Waals surface area contributed by atoms with Crippen LogP contribution in [-0.2, 0) is 17.8 Å². The van der Waals surface area contributed by atoms with Crippen LogP contribution in [0.3, 0.4) is 0 Å². The quantitative estimate of drug-likeness (QED) is 0.743. The van der Waals surface area contributed by atoms with Crippen molar-refractivity contribution in [3.8, 4) is 0 Å². The van der Waals surface area contributed by atoms with E-state index in [1.165, 1.54) is 6.07 Å². The Morgan fingerprint density at radius 2 is 2.08 bits per heavy atom. The van der Waals surface area contributed by atoms with E-state index in [0.717, 1.165) is 11.0 Å². The van der Waals surface area contributed by atoms with Crippen LogP contribution in [0, 0.1) is 5.82 Å². The minimum absolute atomic E-state index is 0.166. The van der Waals surface area contributed by atoms with E-state index in [9.17, 15) is 9.18 Å². The molecule has 0 saturated carbocycles. The Kier molecular flexibility index (Phi) is 5.19. The molecular formula is C18H17ClFN3O2. The minimum atomic E-state index is -0.523. The topological polar surface area (TPSA) is 56.1 Å². The number of nitrogens with zero attached hydrogens (tertiary/aromatic N) is 2. The van der Waals surface area contributed by atoms with Gasteiger partial charge in [0.1, 0.15) is 11.6 Å². The van der Waals surface area contributed by atoms with Gasteiger partial charge in [0.25, 0.3) is 0 Å². The normalized spacial score (nSPS) is 10.8. The number of hydrogen-bond acceptors (Lipinski definition) is 3. The van der Waals surface area contributed by atoms with E-state index in [4.69, 9.17) is 16.3 Å². The summed E-state index contributed by atoms with van der Waals surface area (Å²) in [6.07, 6.45) is -0.523. The first-order chi connectivity index (χ1) is 12.1. The molecule has 1 amide bonds. The molecule has 0 aliphatic carbocycles. The highest BCUT2D eigenvalue weighted by atomic mass is 35.5. The summed E-state index contributed by atoms with van der Waals surface area (Å²) in [6, 6.07) is 12.1. The molecule has 7 heteroatoms. The van der Waals surface area contributed by atoms with Gasteiger partial charge in [0.05, 0.1) is 30.7 Å². The molecule has 25 heavy (non-hydrogen) atoms. The van der Waals surface area contributed by atoms with Crippen LogP contribution in [0.1, 0.15) is 18.3 Å². The molecule has 0 fully saturated rings. The maximum Gasteiger partial charge on any atom is 0.407 e. The van der Waals surface area contributed by atoms with Crippen molar-refractivity contribution in [3.63, 3.8) is 0 Å². The van der Waals surface area contributed by atoms with Gasteiger partial charge in [-0.25, -0.2) is 14.2 Å². The van der Waals surface area contributed by atoms with Crippen LogP contribution in [0.5, 0.6) is 0 Å². The molecule has 0 aliphatic heterocycles. The number of ether oxygens (including phenoxy) is 1. The first-order valence-electron chi connectivity index (χ1n) is 7.87. The summed E-state index contributed by atoms with van der Waals surface area (Å²) < 4.78 is 20.9. The van der Waals surface area contributed by atoms with Crippen LogP contribution in [-0.4, -0.2) is 22.3 Å². The fourth-order valence-electron chi connectivity index (χ4n) is 2.61. The van der Waals surface area contributed by atoms with Gasteiger partial charge < -0.3 is 14.6 Å². The molecule has 0 saturated heterocycles. The molecule has 0 unspecified atom stereocenters. The average Bonchev–Trinajstić information content (AvgIpc) is 2.94. The van der Waals surface area contributed by atoms with E-state index in [-0.39, 0.29) is 25.5 Å². The van der Waals surface area contributed by atoms with Crippen LogP contribution < -0.4 is 5.32 Å². The standard InChI is InChI=1S/C18H17ClFN3O2/c1-2-25-18(24)21-10-17-22-15-8-3-4-9-16(15)23(17)11-12-13(19)6-5-7-14(12)20/h3-9H,2,10-11H2,1H3,(H,21,24). The molecular weight excluding hydrogens is 345 g/mol. The molecule has 5 nitrogen and oxygen atoms in total. The molecule has 0 spiro atoms. The first kappa shape index (κ1) is 17.2. The molecule has 3 rings (SSSR count). The van der Waals surface area contributed by atoms with E-state index >= 15 is 0 Å². The predicted molar refractivity (Wildman–Crippen MR) is 94.1 cm³/mol. The second-order valence-corrected chi connectivity index (χ2v) is 5.78. The Labute approximate surface area is 149 Å². The lowest BCUT2D eigenvalue weighted by Crippen LogP contribution is -2.25. The summed E-state index contributed by atoms with van der Waals surface area (Å²) in [6.45, 7) is 2.40. The lowest BCUT2D eigenvalue weighted by Gasteiger charge is -2.12. The number of halogens is 2. The van der Waals surface area contributed by atoms with Crippen LogP contribution in [0.2, 0.25) is 5.02 Å². The fraction of sp³-hybridized carbons (Fsp3) is 0.222. The predicted octanol–water partition coefficient (Wildman–Crippen LogP) is 4.12. The molecule has 1 aromatic heterocycles. The van der Waals surface area contributed by atoms with E-state index < -0.39 is 6.09 Å². The summed E-state index contributed by atoms with van der Waals surface area (Å²) in [4.78, 5) is 16.1. The van der Waals surface area contributed by atoms with Crippen LogP contribution in [0.4, 0.5) is 9.18 Å². The molecule has 3 aromatic rings. The number of aromatic nitrogens is 2.